The summed E-state index contributed by atoms with van der Waals surface area (Å²) < 4.78 is 3.59. The number of imidazole rings is 1. The Hall–Kier alpha value is -2.96. The van der Waals surface area contributed by atoms with Gasteiger partial charge >= 0.3 is 0 Å². The third-order valence-electron chi connectivity index (χ3n) is 3.40. The number of hydrogen-bond donors (Lipinski definition) is 1. The van der Waals surface area contributed by atoms with Crippen LogP contribution in [0.2, 0.25) is 0 Å². The Morgan fingerprint density at radius 3 is 2.70 bits per heavy atom. The summed E-state index contributed by atoms with van der Waals surface area (Å²) in [6.07, 6.45) is 8.73. The molecule has 0 aliphatic carbocycles. The maximum absolute atomic E-state index is 12.3. The summed E-state index contributed by atoms with van der Waals surface area (Å²) in [7, 11) is 0. The Balaban J connectivity index is 1.69. The summed E-state index contributed by atoms with van der Waals surface area (Å²) in [5.74, 6) is 0.615. The van der Waals surface area contributed by atoms with E-state index in [2.05, 4.69) is 20.4 Å². The van der Waals surface area contributed by atoms with Gasteiger partial charge in [0.15, 0.2) is 11.6 Å². The lowest BCUT2D eigenvalue weighted by molar-refractivity contribution is 0.101. The fraction of sp³-hybridized carbons (Fsp3) is 0.250. The molecule has 118 valence electrons. The summed E-state index contributed by atoms with van der Waals surface area (Å²) in [5, 5.41) is 7.14. The topological polar surface area (TPSA) is 77.6 Å². The number of anilines is 1. The molecule has 7 nitrogen and oxygen atoms in total. The monoisotopic (exact) mass is 310 g/mol. The molecule has 3 rings (SSSR count). The van der Waals surface area contributed by atoms with Crippen LogP contribution in [0.3, 0.4) is 0 Å². The number of amides is 1. The number of hydrogen-bond acceptors (Lipinski definition) is 4. The number of rotatable bonds is 5. The highest BCUT2D eigenvalue weighted by Gasteiger charge is 2.15. The summed E-state index contributed by atoms with van der Waals surface area (Å²) in [6, 6.07) is 5.79. The van der Waals surface area contributed by atoms with Crippen molar-refractivity contribution in [2.75, 3.05) is 5.32 Å². The molecule has 0 aromatic carbocycles. The van der Waals surface area contributed by atoms with E-state index < -0.39 is 0 Å². The fourth-order valence-electron chi connectivity index (χ4n) is 2.27. The molecule has 3 heterocycles. The zero-order valence-electron chi connectivity index (χ0n) is 13.0. The third-order valence-corrected chi connectivity index (χ3v) is 3.40. The molecule has 3 aromatic heterocycles. The van der Waals surface area contributed by atoms with Crippen LogP contribution in [-0.4, -0.2) is 30.2 Å². The quantitative estimate of drug-likeness (QED) is 0.784. The van der Waals surface area contributed by atoms with E-state index in [1.807, 2.05) is 36.7 Å². The van der Waals surface area contributed by atoms with Gasteiger partial charge in [-0.25, -0.2) is 4.98 Å². The smallest absolute Gasteiger partial charge is 0.292 e. The third kappa shape index (κ3) is 3.45. The van der Waals surface area contributed by atoms with Crippen LogP contribution < -0.4 is 5.32 Å². The van der Waals surface area contributed by atoms with Crippen LogP contribution in [0.4, 0.5) is 5.82 Å². The van der Waals surface area contributed by atoms with Crippen LogP contribution in [0, 0.1) is 0 Å². The molecule has 0 saturated carbocycles. The van der Waals surface area contributed by atoms with Crippen molar-refractivity contribution < 1.29 is 4.79 Å². The maximum Gasteiger partial charge on any atom is 0.292 e. The van der Waals surface area contributed by atoms with Crippen LogP contribution in [0.15, 0.2) is 49.2 Å². The van der Waals surface area contributed by atoms with Crippen molar-refractivity contribution in [2.45, 2.75) is 26.4 Å². The first-order valence-corrected chi connectivity index (χ1v) is 7.40. The maximum atomic E-state index is 12.3. The van der Waals surface area contributed by atoms with Gasteiger partial charge in [-0.2, -0.15) is 5.10 Å². The number of nitrogens with zero attached hydrogens (tertiary/aromatic N) is 5. The Labute approximate surface area is 134 Å². The molecule has 0 radical (unpaired) electrons. The van der Waals surface area contributed by atoms with Crippen LogP contribution in [0.1, 0.15) is 36.1 Å². The molecule has 0 spiro atoms. The molecule has 3 aromatic rings. The van der Waals surface area contributed by atoms with Gasteiger partial charge in [0.2, 0.25) is 0 Å². The van der Waals surface area contributed by atoms with Crippen molar-refractivity contribution in [1.82, 2.24) is 24.3 Å². The summed E-state index contributed by atoms with van der Waals surface area (Å²) in [4.78, 5) is 20.4. The molecule has 0 aliphatic heterocycles. The predicted octanol–water partition coefficient (Wildman–Crippen LogP) is 2.36. The number of carbonyl (C=O) groups excluding carboxylic acids is 1. The normalized spacial score (nSPS) is 10.9. The lowest BCUT2D eigenvalue weighted by Crippen LogP contribution is -2.19. The van der Waals surface area contributed by atoms with Crippen molar-refractivity contribution in [2.24, 2.45) is 0 Å². The van der Waals surface area contributed by atoms with Gasteiger partial charge in [-0.3, -0.25) is 14.5 Å². The Bertz CT molecular complexity index is 790. The summed E-state index contributed by atoms with van der Waals surface area (Å²) >= 11 is 0. The number of pyridine rings is 1. The molecule has 0 atom stereocenters. The van der Waals surface area contributed by atoms with Gasteiger partial charge in [0.05, 0.1) is 6.54 Å². The zero-order chi connectivity index (χ0) is 16.2. The van der Waals surface area contributed by atoms with E-state index in [1.54, 1.807) is 35.5 Å². The van der Waals surface area contributed by atoms with E-state index in [1.165, 1.54) is 0 Å². The average molecular weight is 310 g/mol. The van der Waals surface area contributed by atoms with E-state index >= 15 is 0 Å². The van der Waals surface area contributed by atoms with Gasteiger partial charge in [-0.05, 0) is 31.5 Å². The number of carbonyl (C=O) groups is 1. The zero-order valence-corrected chi connectivity index (χ0v) is 13.0. The van der Waals surface area contributed by atoms with E-state index in [0.717, 1.165) is 5.56 Å². The lowest BCUT2D eigenvalue weighted by Gasteiger charge is -2.10. The van der Waals surface area contributed by atoms with Crippen molar-refractivity contribution in [3.63, 3.8) is 0 Å². The van der Waals surface area contributed by atoms with Crippen LogP contribution in [0.5, 0.6) is 0 Å². The molecule has 1 amide bonds. The molecule has 0 aliphatic rings. The Morgan fingerprint density at radius 2 is 1.96 bits per heavy atom. The van der Waals surface area contributed by atoms with Crippen molar-refractivity contribution in [1.29, 1.82) is 0 Å². The summed E-state index contributed by atoms with van der Waals surface area (Å²) in [6.45, 7) is 4.63. The van der Waals surface area contributed by atoms with Crippen LogP contribution >= 0.6 is 0 Å². The second-order valence-electron chi connectivity index (χ2n) is 5.46. The molecule has 0 saturated heterocycles. The largest absolute Gasteiger partial charge is 0.324 e. The molecule has 0 bridgehead atoms. The predicted molar refractivity (Wildman–Crippen MR) is 86.1 cm³/mol. The van der Waals surface area contributed by atoms with E-state index in [-0.39, 0.29) is 11.9 Å². The van der Waals surface area contributed by atoms with Crippen molar-refractivity contribution in [3.8, 4) is 0 Å². The van der Waals surface area contributed by atoms with E-state index in [4.69, 9.17) is 0 Å². The van der Waals surface area contributed by atoms with Gasteiger partial charge in [-0.15, -0.1) is 0 Å². The van der Waals surface area contributed by atoms with Gasteiger partial charge in [0.1, 0.15) is 0 Å². The van der Waals surface area contributed by atoms with Gasteiger partial charge in [0.25, 0.3) is 5.91 Å². The second-order valence-corrected chi connectivity index (χ2v) is 5.46. The first kappa shape index (κ1) is 15.0. The number of nitrogens with one attached hydrogen (secondary N) is 1. The highest BCUT2D eigenvalue weighted by atomic mass is 16.2. The van der Waals surface area contributed by atoms with Crippen LogP contribution in [0.25, 0.3) is 0 Å². The van der Waals surface area contributed by atoms with Gasteiger partial charge < -0.3 is 9.88 Å². The first-order chi connectivity index (χ1) is 11.1. The van der Waals surface area contributed by atoms with Crippen molar-refractivity contribution in [3.05, 3.63) is 60.6 Å². The minimum atomic E-state index is -0.266. The van der Waals surface area contributed by atoms with Crippen molar-refractivity contribution >= 4 is 11.7 Å². The molecular weight excluding hydrogens is 292 g/mol. The Morgan fingerprint density at radius 1 is 1.17 bits per heavy atom. The first-order valence-electron chi connectivity index (χ1n) is 7.40. The molecule has 7 heteroatoms. The highest BCUT2D eigenvalue weighted by molar-refractivity contribution is 6.01. The van der Waals surface area contributed by atoms with E-state index in [9.17, 15) is 4.79 Å². The SMILES string of the molecule is CC(C)n1ccnc1C(=O)Nc1ccn(Cc2ccncc2)n1. The van der Waals surface area contributed by atoms with Crippen LogP contribution in [-0.2, 0) is 6.54 Å². The second kappa shape index (κ2) is 6.43. The fourth-order valence-corrected chi connectivity index (χ4v) is 2.27. The number of aromatic nitrogens is 5. The molecular formula is C16H18N6O. The Kier molecular flexibility index (Phi) is 4.18. The lowest BCUT2D eigenvalue weighted by atomic mass is 10.3. The minimum absolute atomic E-state index is 0.169. The van der Waals surface area contributed by atoms with Gasteiger partial charge in [-0.1, -0.05) is 0 Å². The molecule has 23 heavy (non-hydrogen) atoms. The molecule has 1 N–H and O–H groups in total. The minimum Gasteiger partial charge on any atom is -0.324 e. The van der Waals surface area contributed by atoms with Gasteiger partial charge in [0, 0.05) is 43.1 Å². The summed E-state index contributed by atoms with van der Waals surface area (Å²) in [5.41, 5.74) is 1.09. The standard InChI is InChI=1S/C16H18N6O/c1-12(2)22-10-8-18-15(22)16(23)19-14-5-9-21(20-14)11-13-3-6-17-7-4-13/h3-10,12H,11H2,1-2H3,(H,19,20,23). The average Bonchev–Trinajstić information content (AvgIpc) is 3.17. The molecule has 0 unspecified atom stereocenters. The molecule has 0 fully saturated rings. The highest BCUT2D eigenvalue weighted by Crippen LogP contribution is 2.11. The van der Waals surface area contributed by atoms with E-state index in [0.29, 0.717) is 18.2 Å².